The highest BCUT2D eigenvalue weighted by Gasteiger charge is 2.37. The molecule has 0 aliphatic rings. The summed E-state index contributed by atoms with van der Waals surface area (Å²) in [4.78, 5) is 0. The number of rotatable bonds is 23. The van der Waals surface area contributed by atoms with E-state index in [9.17, 15) is 8.42 Å². The van der Waals surface area contributed by atoms with Crippen molar-refractivity contribution in [1.29, 1.82) is 0 Å². The molecule has 0 heterocycles. The summed E-state index contributed by atoms with van der Waals surface area (Å²) in [6, 6.07) is 30.8. The van der Waals surface area contributed by atoms with Crippen LogP contribution < -0.4 is 0 Å². The van der Waals surface area contributed by atoms with Gasteiger partial charge in [0.25, 0.3) is 10.1 Å². The number of benzene rings is 3. The fourth-order valence-corrected chi connectivity index (χ4v) is 4.62. The lowest BCUT2D eigenvalue weighted by Crippen LogP contribution is -2.34. The van der Waals surface area contributed by atoms with Gasteiger partial charge < -0.3 is 28.4 Å². The molecule has 0 unspecified atom stereocenters. The topological polar surface area (TPSA) is 98.8 Å². The molecular weight excluding hydrogens is 560 g/mol. The smallest absolute Gasteiger partial charge is 0.264 e. The largest absolute Gasteiger partial charge is 0.377 e. The van der Waals surface area contributed by atoms with Crippen LogP contribution in [0.3, 0.4) is 0 Å². The summed E-state index contributed by atoms with van der Waals surface area (Å²) < 4.78 is 60.4. The van der Waals surface area contributed by atoms with E-state index in [0.29, 0.717) is 66.1 Å². The molecule has 0 radical (unpaired) electrons. The lowest BCUT2D eigenvalue weighted by molar-refractivity contribution is -0.0392. The molecular formula is C32H42O9S. The molecule has 0 aliphatic carbocycles. The van der Waals surface area contributed by atoms with Crippen molar-refractivity contribution in [1.82, 2.24) is 0 Å². The van der Waals surface area contributed by atoms with Crippen molar-refractivity contribution in [2.24, 2.45) is 0 Å². The van der Waals surface area contributed by atoms with E-state index >= 15 is 0 Å². The average molecular weight is 603 g/mol. The van der Waals surface area contributed by atoms with Crippen LogP contribution in [0.4, 0.5) is 0 Å². The molecule has 0 atom stereocenters. The molecule has 0 N–H and O–H groups in total. The number of hydrogen-bond acceptors (Lipinski definition) is 9. The van der Waals surface area contributed by atoms with Gasteiger partial charge in [-0.25, -0.2) is 0 Å². The van der Waals surface area contributed by atoms with Crippen LogP contribution in [0.25, 0.3) is 0 Å². The molecule has 0 aromatic heterocycles. The fraction of sp³-hybridized carbons (Fsp3) is 0.438. The van der Waals surface area contributed by atoms with Crippen LogP contribution in [-0.2, 0) is 48.3 Å². The second kappa shape index (κ2) is 19.5. The van der Waals surface area contributed by atoms with Crippen molar-refractivity contribution in [3.63, 3.8) is 0 Å². The molecule has 3 aromatic rings. The molecule has 3 aromatic carbocycles. The summed E-state index contributed by atoms with van der Waals surface area (Å²) in [5, 5.41) is 0. The third kappa shape index (κ3) is 12.3. The van der Waals surface area contributed by atoms with E-state index < -0.39 is 15.7 Å². The zero-order valence-electron chi connectivity index (χ0n) is 24.2. The average Bonchev–Trinajstić information content (AvgIpc) is 3.01. The maximum Gasteiger partial charge on any atom is 0.264 e. The lowest BCUT2D eigenvalue weighted by Gasteiger charge is -2.36. The first-order chi connectivity index (χ1) is 20.5. The third-order valence-corrected chi connectivity index (χ3v) is 6.70. The Bertz CT molecular complexity index is 1100. The van der Waals surface area contributed by atoms with Crippen molar-refractivity contribution >= 4 is 10.1 Å². The van der Waals surface area contributed by atoms with E-state index in [4.69, 9.17) is 28.4 Å². The Morgan fingerprint density at radius 1 is 0.452 bits per heavy atom. The Kier molecular flexibility index (Phi) is 15.7. The van der Waals surface area contributed by atoms with Crippen molar-refractivity contribution in [3.8, 4) is 0 Å². The minimum absolute atomic E-state index is 0.00175. The molecule has 0 spiro atoms. The first kappa shape index (κ1) is 33.8. The van der Waals surface area contributed by atoms with E-state index in [0.717, 1.165) is 22.9 Å². The van der Waals surface area contributed by atoms with Crippen molar-refractivity contribution in [3.05, 3.63) is 108 Å². The van der Waals surface area contributed by atoms with Gasteiger partial charge in [-0.15, -0.1) is 0 Å². The summed E-state index contributed by atoms with van der Waals surface area (Å²) in [5.41, 5.74) is 2.41. The Morgan fingerprint density at radius 2 is 0.738 bits per heavy atom. The van der Waals surface area contributed by atoms with Gasteiger partial charge in [0.05, 0.1) is 85.5 Å². The van der Waals surface area contributed by atoms with E-state index in [1.807, 2.05) is 54.6 Å². The van der Waals surface area contributed by atoms with Crippen LogP contribution in [-0.4, -0.2) is 94.0 Å². The maximum absolute atomic E-state index is 10.8. The van der Waals surface area contributed by atoms with E-state index in [-0.39, 0.29) is 13.2 Å². The molecule has 42 heavy (non-hydrogen) atoms. The van der Waals surface area contributed by atoms with Crippen LogP contribution in [0, 0.1) is 0 Å². The Labute approximate surface area is 249 Å². The fourth-order valence-electron chi connectivity index (χ4n) is 4.25. The van der Waals surface area contributed by atoms with Gasteiger partial charge in [-0.1, -0.05) is 91.0 Å². The first-order valence-electron chi connectivity index (χ1n) is 14.1. The molecule has 0 amide bonds. The van der Waals surface area contributed by atoms with Crippen molar-refractivity contribution in [2.75, 3.05) is 85.5 Å². The monoisotopic (exact) mass is 602 g/mol. The van der Waals surface area contributed by atoms with E-state index in [2.05, 4.69) is 40.6 Å². The lowest BCUT2D eigenvalue weighted by atomic mass is 9.80. The second-order valence-electron chi connectivity index (χ2n) is 9.22. The molecule has 10 heteroatoms. The summed E-state index contributed by atoms with van der Waals surface area (Å²) in [6.07, 6.45) is 1.00. The van der Waals surface area contributed by atoms with Crippen LogP contribution in [0.2, 0.25) is 0 Å². The predicted octanol–water partition coefficient (Wildman–Crippen LogP) is 4.05. The Balaban J connectivity index is 1.28. The van der Waals surface area contributed by atoms with Gasteiger partial charge in [0, 0.05) is 0 Å². The SMILES string of the molecule is CS(=O)(=O)OCCOCCOCCOCCOCCOCCOC(c1ccccc1)(c1ccccc1)c1ccccc1. The van der Waals surface area contributed by atoms with Crippen molar-refractivity contribution < 1.29 is 41.0 Å². The quantitative estimate of drug-likeness (QED) is 0.0904. The van der Waals surface area contributed by atoms with Crippen LogP contribution in [0.1, 0.15) is 16.7 Å². The van der Waals surface area contributed by atoms with Crippen molar-refractivity contribution in [2.45, 2.75) is 5.60 Å². The number of ether oxygens (including phenoxy) is 6. The minimum atomic E-state index is -3.43. The minimum Gasteiger partial charge on any atom is -0.377 e. The van der Waals surface area contributed by atoms with Gasteiger partial charge >= 0.3 is 0 Å². The number of hydrogen-bond donors (Lipinski definition) is 0. The van der Waals surface area contributed by atoms with Gasteiger partial charge in [0.15, 0.2) is 0 Å². The van der Waals surface area contributed by atoms with Gasteiger partial charge in [0.2, 0.25) is 0 Å². The molecule has 0 bridgehead atoms. The van der Waals surface area contributed by atoms with Gasteiger partial charge in [-0.3, -0.25) is 4.18 Å². The first-order valence-corrected chi connectivity index (χ1v) is 15.9. The predicted molar refractivity (Wildman–Crippen MR) is 160 cm³/mol. The van der Waals surface area contributed by atoms with Crippen LogP contribution >= 0.6 is 0 Å². The second-order valence-corrected chi connectivity index (χ2v) is 10.9. The van der Waals surface area contributed by atoms with Crippen LogP contribution in [0.5, 0.6) is 0 Å². The van der Waals surface area contributed by atoms with Gasteiger partial charge in [-0.05, 0) is 16.7 Å². The Morgan fingerprint density at radius 3 is 1.05 bits per heavy atom. The molecule has 230 valence electrons. The van der Waals surface area contributed by atoms with E-state index in [1.165, 1.54) is 0 Å². The highest BCUT2D eigenvalue weighted by molar-refractivity contribution is 7.85. The van der Waals surface area contributed by atoms with Crippen LogP contribution in [0.15, 0.2) is 91.0 Å². The summed E-state index contributed by atoms with van der Waals surface area (Å²) in [5.74, 6) is 0. The highest BCUT2D eigenvalue weighted by atomic mass is 32.2. The Hall–Kier alpha value is -2.67. The molecule has 0 saturated heterocycles. The van der Waals surface area contributed by atoms with Gasteiger partial charge in [0.1, 0.15) is 5.60 Å². The highest BCUT2D eigenvalue weighted by Crippen LogP contribution is 2.40. The van der Waals surface area contributed by atoms with Gasteiger partial charge in [-0.2, -0.15) is 8.42 Å². The zero-order chi connectivity index (χ0) is 29.8. The molecule has 9 nitrogen and oxygen atoms in total. The van der Waals surface area contributed by atoms with E-state index in [1.54, 1.807) is 0 Å². The molecule has 0 aliphatic heterocycles. The summed E-state index contributed by atoms with van der Waals surface area (Å²) >= 11 is 0. The maximum atomic E-state index is 10.8. The third-order valence-electron chi connectivity index (χ3n) is 6.10. The summed E-state index contributed by atoms with van der Waals surface area (Å²) in [7, 11) is -3.43. The zero-order valence-corrected chi connectivity index (χ0v) is 25.0. The molecule has 0 saturated carbocycles. The normalized spacial score (nSPS) is 12.0. The standard InChI is InChI=1S/C32H42O9S/c1-42(33,34)41-28-26-39-24-22-37-20-18-35-17-19-36-21-23-38-25-27-40-32(29-11-5-2-6-12-29,30-13-7-3-8-14-30)31-15-9-4-10-16-31/h2-16H,17-28H2,1H3. The summed E-state index contributed by atoms with van der Waals surface area (Å²) in [6.45, 7) is 4.48. The molecule has 0 fully saturated rings. The molecule has 3 rings (SSSR count).